The third-order valence-electron chi connectivity index (χ3n) is 6.22. The number of carbonyl (C=O) groups is 2. The summed E-state index contributed by atoms with van der Waals surface area (Å²) in [5.74, 6) is -0.201. The summed E-state index contributed by atoms with van der Waals surface area (Å²) < 4.78 is 0. The maximum atomic E-state index is 13.9. The van der Waals surface area contributed by atoms with Crippen LogP contribution < -0.4 is 14.7 Å². The number of nitrogens with zero attached hydrogens (tertiary/aromatic N) is 3. The Labute approximate surface area is 189 Å². The van der Waals surface area contributed by atoms with Crippen LogP contribution in [0.3, 0.4) is 0 Å². The molecule has 0 bridgehead atoms. The molecule has 1 fully saturated rings. The van der Waals surface area contributed by atoms with Crippen molar-refractivity contribution in [2.24, 2.45) is 0 Å². The van der Waals surface area contributed by atoms with Gasteiger partial charge in [0, 0.05) is 31.2 Å². The van der Waals surface area contributed by atoms with Crippen LogP contribution in [-0.4, -0.2) is 32.5 Å². The molecule has 3 aromatic rings. The van der Waals surface area contributed by atoms with E-state index in [9.17, 15) is 9.59 Å². The van der Waals surface area contributed by atoms with Crippen LogP contribution in [0, 0.1) is 20.8 Å². The molecule has 4 rings (SSSR count). The van der Waals surface area contributed by atoms with Gasteiger partial charge in [-0.15, -0.1) is 0 Å². The minimum Gasteiger partial charge on any atom is -0.378 e. The van der Waals surface area contributed by atoms with E-state index in [1.54, 1.807) is 9.80 Å². The Kier molecular flexibility index (Phi) is 5.74. The lowest BCUT2D eigenvalue weighted by Crippen LogP contribution is -2.56. The summed E-state index contributed by atoms with van der Waals surface area (Å²) in [5.41, 5.74) is 6.57. The van der Waals surface area contributed by atoms with Crippen LogP contribution in [-0.2, 0) is 9.59 Å². The minimum atomic E-state index is -0.727. The average Bonchev–Trinajstić information content (AvgIpc) is 2.78. The Hall–Kier alpha value is -3.60. The molecule has 5 heteroatoms. The standard InChI is InChI=1S/C27H29N3O2/c1-18-9-13-23(14-10-18)30-25(31)17-29(24-8-6-7-19(2)20(24)3)27(32)26(30)21-11-15-22(16-12-21)28(4)5/h6-16,26H,17H2,1-5H3/t26-/m1/s1. The van der Waals surface area contributed by atoms with Crippen molar-refractivity contribution in [2.75, 3.05) is 35.3 Å². The van der Waals surface area contributed by atoms with Crippen molar-refractivity contribution in [3.63, 3.8) is 0 Å². The van der Waals surface area contributed by atoms with Crippen molar-refractivity contribution in [3.8, 4) is 0 Å². The maximum absolute atomic E-state index is 13.9. The number of carbonyl (C=O) groups excluding carboxylic acids is 2. The van der Waals surface area contributed by atoms with E-state index in [2.05, 4.69) is 0 Å². The Balaban J connectivity index is 1.83. The Morgan fingerprint density at radius 3 is 2.12 bits per heavy atom. The normalized spacial score (nSPS) is 16.5. The van der Waals surface area contributed by atoms with Crippen LogP contribution >= 0.6 is 0 Å². The Morgan fingerprint density at radius 2 is 1.50 bits per heavy atom. The smallest absolute Gasteiger partial charge is 0.255 e. The zero-order valence-electron chi connectivity index (χ0n) is 19.3. The van der Waals surface area contributed by atoms with Crippen LogP contribution in [0.2, 0.25) is 0 Å². The van der Waals surface area contributed by atoms with Crippen molar-refractivity contribution in [3.05, 3.63) is 89.0 Å². The molecule has 32 heavy (non-hydrogen) atoms. The highest BCUT2D eigenvalue weighted by Crippen LogP contribution is 2.36. The van der Waals surface area contributed by atoms with Crippen molar-refractivity contribution < 1.29 is 9.59 Å². The third kappa shape index (κ3) is 3.86. The number of hydrogen-bond acceptors (Lipinski definition) is 3. The van der Waals surface area contributed by atoms with Crippen molar-refractivity contribution >= 4 is 28.9 Å². The number of rotatable bonds is 4. The molecule has 164 valence electrons. The zero-order chi connectivity index (χ0) is 23.0. The molecule has 3 aromatic carbocycles. The number of anilines is 3. The number of hydrogen-bond donors (Lipinski definition) is 0. The predicted molar refractivity (Wildman–Crippen MR) is 130 cm³/mol. The van der Waals surface area contributed by atoms with E-state index in [4.69, 9.17) is 0 Å². The van der Waals surface area contributed by atoms with Gasteiger partial charge in [0.05, 0.1) is 0 Å². The van der Waals surface area contributed by atoms with Crippen LogP contribution in [0.15, 0.2) is 66.7 Å². The summed E-state index contributed by atoms with van der Waals surface area (Å²) in [6, 6.07) is 20.8. The minimum absolute atomic E-state index is 0.0171. The fourth-order valence-electron chi connectivity index (χ4n) is 4.17. The van der Waals surface area contributed by atoms with Crippen LogP contribution in [0.25, 0.3) is 0 Å². The van der Waals surface area contributed by atoms with Crippen LogP contribution in [0.4, 0.5) is 17.1 Å². The van der Waals surface area contributed by atoms with Gasteiger partial charge < -0.3 is 9.80 Å². The SMILES string of the molecule is Cc1ccc(N2C(=O)CN(c3cccc(C)c3C)C(=O)[C@H]2c2ccc(N(C)C)cc2)cc1. The maximum Gasteiger partial charge on any atom is 0.255 e. The summed E-state index contributed by atoms with van der Waals surface area (Å²) in [7, 11) is 3.95. The molecular formula is C27H29N3O2. The summed E-state index contributed by atoms with van der Waals surface area (Å²) in [5, 5.41) is 0. The van der Waals surface area contributed by atoms with Gasteiger partial charge in [-0.1, -0.05) is 42.0 Å². The van der Waals surface area contributed by atoms with Gasteiger partial charge in [-0.25, -0.2) is 0 Å². The molecule has 1 aliphatic heterocycles. The molecule has 0 radical (unpaired) electrons. The van der Waals surface area contributed by atoms with E-state index in [-0.39, 0.29) is 18.4 Å². The lowest BCUT2D eigenvalue weighted by Gasteiger charge is -2.41. The number of aryl methyl sites for hydroxylation is 2. The molecule has 1 heterocycles. The van der Waals surface area contributed by atoms with E-state index in [1.807, 2.05) is 106 Å². The van der Waals surface area contributed by atoms with Gasteiger partial charge >= 0.3 is 0 Å². The largest absolute Gasteiger partial charge is 0.378 e. The van der Waals surface area contributed by atoms with E-state index in [0.29, 0.717) is 0 Å². The first-order chi connectivity index (χ1) is 15.3. The highest BCUT2D eigenvalue weighted by molar-refractivity contribution is 6.14. The van der Waals surface area contributed by atoms with Crippen molar-refractivity contribution in [1.82, 2.24) is 0 Å². The van der Waals surface area contributed by atoms with Gasteiger partial charge in [0.2, 0.25) is 5.91 Å². The summed E-state index contributed by atoms with van der Waals surface area (Å²) >= 11 is 0. The van der Waals surface area contributed by atoms with E-state index >= 15 is 0 Å². The third-order valence-corrected chi connectivity index (χ3v) is 6.22. The van der Waals surface area contributed by atoms with Crippen LogP contribution in [0.1, 0.15) is 28.3 Å². The Morgan fingerprint density at radius 1 is 0.844 bits per heavy atom. The van der Waals surface area contributed by atoms with Gasteiger partial charge in [0.25, 0.3) is 5.91 Å². The monoisotopic (exact) mass is 427 g/mol. The second-order valence-corrected chi connectivity index (χ2v) is 8.63. The highest BCUT2D eigenvalue weighted by Gasteiger charge is 2.42. The molecule has 1 atom stereocenters. The van der Waals surface area contributed by atoms with Gasteiger partial charge in [0.1, 0.15) is 12.6 Å². The second-order valence-electron chi connectivity index (χ2n) is 8.63. The summed E-state index contributed by atoms with van der Waals surface area (Å²) in [6.45, 7) is 6.04. The summed E-state index contributed by atoms with van der Waals surface area (Å²) in [6.07, 6.45) is 0. The second kappa shape index (κ2) is 8.50. The molecule has 0 unspecified atom stereocenters. The van der Waals surface area contributed by atoms with E-state index in [0.717, 1.165) is 39.3 Å². The summed E-state index contributed by atoms with van der Waals surface area (Å²) in [4.78, 5) is 32.7. The molecule has 1 saturated heterocycles. The quantitative estimate of drug-likeness (QED) is 0.601. The first kappa shape index (κ1) is 21.6. The molecule has 2 amide bonds. The van der Waals surface area contributed by atoms with Crippen molar-refractivity contribution in [2.45, 2.75) is 26.8 Å². The molecule has 0 saturated carbocycles. The molecule has 0 spiro atoms. The average molecular weight is 428 g/mol. The van der Waals surface area contributed by atoms with E-state index in [1.165, 1.54) is 0 Å². The number of benzene rings is 3. The number of piperazine rings is 1. The fraction of sp³-hybridized carbons (Fsp3) is 0.259. The van der Waals surface area contributed by atoms with Crippen molar-refractivity contribution in [1.29, 1.82) is 0 Å². The molecule has 0 N–H and O–H groups in total. The van der Waals surface area contributed by atoms with Gasteiger partial charge in [-0.3, -0.25) is 14.5 Å². The van der Waals surface area contributed by atoms with Crippen LogP contribution in [0.5, 0.6) is 0 Å². The first-order valence-corrected chi connectivity index (χ1v) is 10.8. The topological polar surface area (TPSA) is 43.9 Å². The number of amides is 2. The lowest BCUT2D eigenvalue weighted by atomic mass is 9.97. The van der Waals surface area contributed by atoms with E-state index < -0.39 is 6.04 Å². The van der Waals surface area contributed by atoms with Gasteiger partial charge in [0.15, 0.2) is 0 Å². The van der Waals surface area contributed by atoms with Gasteiger partial charge in [-0.2, -0.15) is 0 Å². The fourth-order valence-corrected chi connectivity index (χ4v) is 4.17. The van der Waals surface area contributed by atoms with Gasteiger partial charge in [-0.05, 0) is 67.8 Å². The Bertz CT molecular complexity index is 1150. The molecule has 0 aromatic heterocycles. The predicted octanol–water partition coefficient (Wildman–Crippen LogP) is 4.80. The molecular weight excluding hydrogens is 398 g/mol. The first-order valence-electron chi connectivity index (χ1n) is 10.8. The lowest BCUT2D eigenvalue weighted by molar-refractivity contribution is -0.128. The molecule has 1 aliphatic rings. The molecule has 0 aliphatic carbocycles. The molecule has 5 nitrogen and oxygen atoms in total. The zero-order valence-corrected chi connectivity index (χ0v) is 19.3. The highest BCUT2D eigenvalue weighted by atomic mass is 16.2.